The summed E-state index contributed by atoms with van der Waals surface area (Å²) in [5.41, 5.74) is 2.91. The van der Waals surface area contributed by atoms with Gasteiger partial charge in [-0.05, 0) is 87.4 Å². The first-order valence-corrected chi connectivity index (χ1v) is 12.9. The molecule has 0 bridgehead atoms. The lowest BCUT2D eigenvalue weighted by Crippen LogP contribution is -2.16. The van der Waals surface area contributed by atoms with Gasteiger partial charge in [-0.3, -0.25) is 9.59 Å². The number of ether oxygens (including phenoxy) is 4. The Labute approximate surface area is 224 Å². The topological polar surface area (TPSA) is 95.1 Å². The molecule has 0 spiro atoms. The van der Waals surface area contributed by atoms with Crippen LogP contribution in [0.3, 0.4) is 0 Å². The maximum Gasteiger partial charge on any atom is 0.228 e. The molecule has 3 aromatic carbocycles. The van der Waals surface area contributed by atoms with E-state index < -0.39 is 0 Å². The Morgan fingerprint density at radius 1 is 0.526 bits per heavy atom. The van der Waals surface area contributed by atoms with Crippen molar-refractivity contribution >= 4 is 23.2 Å². The molecule has 0 fully saturated rings. The minimum Gasteiger partial charge on any atom is -0.490 e. The van der Waals surface area contributed by atoms with Crippen LogP contribution in [0.2, 0.25) is 0 Å². The zero-order valence-corrected chi connectivity index (χ0v) is 22.5. The van der Waals surface area contributed by atoms with Crippen LogP contribution >= 0.6 is 0 Å². The normalized spacial score (nSPS) is 10.4. The van der Waals surface area contributed by atoms with Crippen LogP contribution in [0.5, 0.6) is 23.0 Å². The van der Waals surface area contributed by atoms with E-state index in [1.807, 2.05) is 64.1 Å². The zero-order valence-electron chi connectivity index (χ0n) is 22.5. The van der Waals surface area contributed by atoms with Crippen LogP contribution in [0.1, 0.15) is 38.8 Å². The molecule has 202 valence electrons. The van der Waals surface area contributed by atoms with Gasteiger partial charge in [0.25, 0.3) is 0 Å². The Balaban J connectivity index is 1.55. The van der Waals surface area contributed by atoms with Crippen molar-refractivity contribution in [1.82, 2.24) is 0 Å². The van der Waals surface area contributed by atoms with E-state index in [1.54, 1.807) is 24.3 Å². The van der Waals surface area contributed by atoms with Crippen molar-refractivity contribution in [2.75, 3.05) is 37.1 Å². The van der Waals surface area contributed by atoms with Gasteiger partial charge >= 0.3 is 0 Å². The molecule has 8 heteroatoms. The molecule has 3 aromatic rings. The largest absolute Gasteiger partial charge is 0.490 e. The second-order valence-electron chi connectivity index (χ2n) is 8.32. The number of benzene rings is 3. The van der Waals surface area contributed by atoms with Crippen LogP contribution in [-0.2, 0) is 22.4 Å². The number of carbonyl (C=O) groups excluding carboxylic acids is 2. The van der Waals surface area contributed by atoms with Crippen molar-refractivity contribution in [3.05, 3.63) is 71.8 Å². The first kappa shape index (κ1) is 28.4. The van der Waals surface area contributed by atoms with Crippen molar-refractivity contribution < 1.29 is 28.5 Å². The molecule has 2 N–H and O–H groups in total. The number of hydrogen-bond acceptors (Lipinski definition) is 6. The summed E-state index contributed by atoms with van der Waals surface area (Å²) in [5, 5.41) is 5.77. The van der Waals surface area contributed by atoms with E-state index in [2.05, 4.69) is 10.6 Å². The van der Waals surface area contributed by atoms with Crippen LogP contribution in [0, 0.1) is 0 Å². The zero-order chi connectivity index (χ0) is 27.3. The van der Waals surface area contributed by atoms with Crippen molar-refractivity contribution in [3.63, 3.8) is 0 Å². The predicted octanol–water partition coefficient (Wildman–Crippen LogP) is 5.64. The molecular formula is C30H36N2O6. The lowest BCUT2D eigenvalue weighted by atomic mass is 10.1. The van der Waals surface area contributed by atoms with Crippen LogP contribution in [-0.4, -0.2) is 38.2 Å². The monoisotopic (exact) mass is 520 g/mol. The lowest BCUT2D eigenvalue weighted by molar-refractivity contribution is -0.116. The fourth-order valence-electron chi connectivity index (χ4n) is 3.83. The van der Waals surface area contributed by atoms with Gasteiger partial charge in [-0.2, -0.15) is 0 Å². The Morgan fingerprint density at radius 3 is 1.21 bits per heavy atom. The Morgan fingerprint density at radius 2 is 0.868 bits per heavy atom. The van der Waals surface area contributed by atoms with E-state index in [-0.39, 0.29) is 24.7 Å². The first-order valence-electron chi connectivity index (χ1n) is 12.9. The third-order valence-corrected chi connectivity index (χ3v) is 5.40. The molecule has 38 heavy (non-hydrogen) atoms. The number of carbonyl (C=O) groups is 2. The van der Waals surface area contributed by atoms with Gasteiger partial charge in [-0.15, -0.1) is 0 Å². The van der Waals surface area contributed by atoms with Gasteiger partial charge in [0.05, 0.1) is 39.3 Å². The Hall–Kier alpha value is -4.20. The van der Waals surface area contributed by atoms with E-state index in [0.29, 0.717) is 60.8 Å². The molecule has 0 atom stereocenters. The van der Waals surface area contributed by atoms with Gasteiger partial charge < -0.3 is 29.6 Å². The summed E-state index contributed by atoms with van der Waals surface area (Å²) in [6.07, 6.45) is 0.383. The Bertz CT molecular complexity index is 1120. The highest BCUT2D eigenvalue weighted by Gasteiger charge is 2.12. The third-order valence-electron chi connectivity index (χ3n) is 5.40. The average Bonchev–Trinajstić information content (AvgIpc) is 2.89. The van der Waals surface area contributed by atoms with Gasteiger partial charge in [0.2, 0.25) is 11.8 Å². The van der Waals surface area contributed by atoms with Gasteiger partial charge in [-0.1, -0.05) is 12.1 Å². The van der Waals surface area contributed by atoms with E-state index in [0.717, 1.165) is 11.1 Å². The van der Waals surface area contributed by atoms with Crippen LogP contribution in [0.15, 0.2) is 60.7 Å². The molecule has 0 aliphatic rings. The highest BCUT2D eigenvalue weighted by molar-refractivity contribution is 5.94. The van der Waals surface area contributed by atoms with E-state index >= 15 is 0 Å². The average molecular weight is 521 g/mol. The fraction of sp³-hybridized carbons (Fsp3) is 0.333. The fourth-order valence-corrected chi connectivity index (χ4v) is 3.83. The highest BCUT2D eigenvalue weighted by Crippen LogP contribution is 2.30. The number of amides is 2. The molecule has 0 saturated carbocycles. The Kier molecular flexibility index (Phi) is 10.8. The van der Waals surface area contributed by atoms with Crippen molar-refractivity contribution in [2.24, 2.45) is 0 Å². The maximum atomic E-state index is 12.6. The predicted molar refractivity (Wildman–Crippen MR) is 149 cm³/mol. The van der Waals surface area contributed by atoms with E-state index in [9.17, 15) is 9.59 Å². The minimum atomic E-state index is -0.158. The highest BCUT2D eigenvalue weighted by atomic mass is 16.5. The van der Waals surface area contributed by atoms with Gasteiger partial charge in [0.15, 0.2) is 23.0 Å². The number of anilines is 2. The number of rotatable bonds is 14. The SMILES string of the molecule is CCOc1ccc(CC(=O)Nc2ccc(NC(=O)Cc3ccc(OCC)c(OCC)c3)cc2)cc1OCC. The summed E-state index contributed by atoms with van der Waals surface area (Å²) in [5.74, 6) is 2.25. The number of hydrogen-bond donors (Lipinski definition) is 2. The second-order valence-corrected chi connectivity index (χ2v) is 8.32. The van der Waals surface area contributed by atoms with Crippen LogP contribution < -0.4 is 29.6 Å². The van der Waals surface area contributed by atoms with Gasteiger partial charge in [0, 0.05) is 11.4 Å². The molecule has 0 heterocycles. The third kappa shape index (κ3) is 8.44. The van der Waals surface area contributed by atoms with Crippen molar-refractivity contribution in [3.8, 4) is 23.0 Å². The summed E-state index contributed by atoms with van der Waals surface area (Å²) < 4.78 is 22.4. The molecule has 0 aromatic heterocycles. The molecule has 0 aliphatic heterocycles. The smallest absolute Gasteiger partial charge is 0.228 e. The van der Waals surface area contributed by atoms with Crippen LogP contribution in [0.4, 0.5) is 11.4 Å². The van der Waals surface area contributed by atoms with Gasteiger partial charge in [0.1, 0.15) is 0 Å². The first-order chi connectivity index (χ1) is 18.4. The van der Waals surface area contributed by atoms with E-state index in [4.69, 9.17) is 18.9 Å². The molecular weight excluding hydrogens is 484 g/mol. The van der Waals surface area contributed by atoms with Gasteiger partial charge in [-0.25, -0.2) is 0 Å². The van der Waals surface area contributed by atoms with Crippen LogP contribution in [0.25, 0.3) is 0 Å². The summed E-state index contributed by atoms with van der Waals surface area (Å²) in [7, 11) is 0. The molecule has 2 amide bonds. The van der Waals surface area contributed by atoms with Crippen molar-refractivity contribution in [2.45, 2.75) is 40.5 Å². The lowest BCUT2D eigenvalue weighted by Gasteiger charge is -2.13. The standard InChI is InChI=1S/C30H36N2O6/c1-5-35-25-15-9-21(17-27(25)37-7-3)19-29(33)31-23-11-13-24(14-12-23)32-30(34)20-22-10-16-26(36-6-2)28(18-22)38-8-4/h9-18H,5-8,19-20H2,1-4H3,(H,31,33)(H,32,34). The number of nitrogens with one attached hydrogen (secondary N) is 2. The summed E-state index contributed by atoms with van der Waals surface area (Å²) in [4.78, 5) is 25.2. The van der Waals surface area contributed by atoms with E-state index in [1.165, 1.54) is 0 Å². The molecule has 0 unspecified atom stereocenters. The summed E-state index contributed by atoms with van der Waals surface area (Å²) in [6, 6.07) is 18.0. The summed E-state index contributed by atoms with van der Waals surface area (Å²) in [6.45, 7) is 9.71. The summed E-state index contributed by atoms with van der Waals surface area (Å²) >= 11 is 0. The molecule has 0 aliphatic carbocycles. The second kappa shape index (κ2) is 14.5. The quantitative estimate of drug-likeness (QED) is 0.286. The molecule has 0 radical (unpaired) electrons. The molecule has 3 rings (SSSR count). The van der Waals surface area contributed by atoms with Crippen molar-refractivity contribution in [1.29, 1.82) is 0 Å². The molecule has 0 saturated heterocycles. The minimum absolute atomic E-state index is 0.158. The molecule has 8 nitrogen and oxygen atoms in total. The maximum absolute atomic E-state index is 12.6.